The zero-order valence-electron chi connectivity index (χ0n) is 14.6. The van der Waals surface area contributed by atoms with E-state index >= 15 is 0 Å². The van der Waals surface area contributed by atoms with Gasteiger partial charge < -0.3 is 14.6 Å². The number of benzene rings is 2. The van der Waals surface area contributed by atoms with Crippen molar-refractivity contribution < 1.29 is 14.1 Å². The van der Waals surface area contributed by atoms with E-state index in [4.69, 9.17) is 9.26 Å². The summed E-state index contributed by atoms with van der Waals surface area (Å²) < 4.78 is 10.5. The van der Waals surface area contributed by atoms with Crippen LogP contribution in [0.5, 0.6) is 0 Å². The summed E-state index contributed by atoms with van der Waals surface area (Å²) in [5, 5.41) is 6.78. The number of amides is 1. The highest BCUT2D eigenvalue weighted by atomic mass is 16.5. The Bertz CT molecular complexity index is 819. The number of hydrogen-bond acceptors (Lipinski definition) is 5. The molecule has 0 unspecified atom stereocenters. The number of carbonyl (C=O) groups is 1. The van der Waals surface area contributed by atoms with Crippen molar-refractivity contribution in [3.8, 4) is 11.4 Å². The molecule has 1 atom stereocenters. The van der Waals surface area contributed by atoms with Gasteiger partial charge in [0, 0.05) is 12.1 Å². The standard InChI is InChI=1S/C20H21N3O3/c1-15(16-8-4-2-5-9-16)12-21-18(24)13-25-14-19-22-20(23-26-19)17-10-6-3-7-11-17/h2-11,15H,12-14H2,1H3,(H,21,24)/t15-/m0/s1. The lowest BCUT2D eigenvalue weighted by molar-refractivity contribution is -0.126. The quantitative estimate of drug-likeness (QED) is 0.674. The molecule has 0 fully saturated rings. The lowest BCUT2D eigenvalue weighted by Crippen LogP contribution is -2.30. The van der Waals surface area contributed by atoms with E-state index in [0.717, 1.165) is 5.56 Å². The summed E-state index contributed by atoms with van der Waals surface area (Å²) >= 11 is 0. The maximum Gasteiger partial charge on any atom is 0.252 e. The molecule has 0 aliphatic carbocycles. The molecule has 1 heterocycles. The predicted molar refractivity (Wildman–Crippen MR) is 97.3 cm³/mol. The fourth-order valence-corrected chi connectivity index (χ4v) is 2.47. The maximum atomic E-state index is 11.9. The summed E-state index contributed by atoms with van der Waals surface area (Å²) in [5.41, 5.74) is 2.06. The molecule has 0 radical (unpaired) electrons. The molecule has 26 heavy (non-hydrogen) atoms. The van der Waals surface area contributed by atoms with Gasteiger partial charge in [-0.1, -0.05) is 72.7 Å². The van der Waals surface area contributed by atoms with Crippen LogP contribution < -0.4 is 5.32 Å². The third-order valence-corrected chi connectivity index (χ3v) is 3.93. The van der Waals surface area contributed by atoms with Crippen LogP contribution in [0.2, 0.25) is 0 Å². The van der Waals surface area contributed by atoms with Gasteiger partial charge in [0.05, 0.1) is 0 Å². The lowest BCUT2D eigenvalue weighted by Gasteiger charge is -2.12. The first kappa shape index (κ1) is 17.8. The van der Waals surface area contributed by atoms with Gasteiger partial charge in [0.25, 0.3) is 5.89 Å². The maximum absolute atomic E-state index is 11.9. The average molecular weight is 351 g/mol. The van der Waals surface area contributed by atoms with E-state index < -0.39 is 0 Å². The van der Waals surface area contributed by atoms with Gasteiger partial charge in [-0.05, 0) is 11.5 Å². The van der Waals surface area contributed by atoms with Gasteiger partial charge in [-0.3, -0.25) is 4.79 Å². The van der Waals surface area contributed by atoms with E-state index in [2.05, 4.69) is 22.4 Å². The van der Waals surface area contributed by atoms with E-state index in [-0.39, 0.29) is 25.0 Å². The van der Waals surface area contributed by atoms with Crippen LogP contribution >= 0.6 is 0 Å². The van der Waals surface area contributed by atoms with Crippen LogP contribution in [0.25, 0.3) is 11.4 Å². The van der Waals surface area contributed by atoms with Crippen LogP contribution in [0.3, 0.4) is 0 Å². The summed E-state index contributed by atoms with van der Waals surface area (Å²) in [4.78, 5) is 16.1. The van der Waals surface area contributed by atoms with E-state index in [9.17, 15) is 4.79 Å². The van der Waals surface area contributed by atoms with Crippen LogP contribution in [0, 0.1) is 0 Å². The van der Waals surface area contributed by atoms with Gasteiger partial charge in [0.15, 0.2) is 0 Å². The molecule has 0 bridgehead atoms. The first-order valence-corrected chi connectivity index (χ1v) is 8.50. The van der Waals surface area contributed by atoms with Crippen molar-refractivity contribution in [2.24, 2.45) is 0 Å². The van der Waals surface area contributed by atoms with Crippen molar-refractivity contribution in [3.63, 3.8) is 0 Å². The zero-order valence-corrected chi connectivity index (χ0v) is 14.6. The fourth-order valence-electron chi connectivity index (χ4n) is 2.47. The van der Waals surface area contributed by atoms with Crippen molar-refractivity contribution in [1.29, 1.82) is 0 Å². The van der Waals surface area contributed by atoms with Gasteiger partial charge in [-0.25, -0.2) is 0 Å². The minimum Gasteiger partial charge on any atom is -0.362 e. The molecule has 6 heteroatoms. The second-order valence-corrected chi connectivity index (χ2v) is 5.99. The summed E-state index contributed by atoms with van der Waals surface area (Å²) in [6.45, 7) is 2.68. The number of nitrogens with one attached hydrogen (secondary N) is 1. The third-order valence-electron chi connectivity index (χ3n) is 3.93. The van der Waals surface area contributed by atoms with Crippen molar-refractivity contribution in [3.05, 3.63) is 72.1 Å². The molecule has 0 aliphatic heterocycles. The Kier molecular flexibility index (Phi) is 6.11. The topological polar surface area (TPSA) is 77.2 Å². The molecule has 6 nitrogen and oxygen atoms in total. The first-order valence-electron chi connectivity index (χ1n) is 8.50. The highest BCUT2D eigenvalue weighted by Crippen LogP contribution is 2.15. The highest BCUT2D eigenvalue weighted by molar-refractivity contribution is 5.77. The molecule has 1 aromatic heterocycles. The van der Waals surface area contributed by atoms with Gasteiger partial charge in [0.2, 0.25) is 11.7 Å². The molecule has 134 valence electrons. The Balaban J connectivity index is 1.39. The Labute approximate surface area is 152 Å². The van der Waals surface area contributed by atoms with Crippen molar-refractivity contribution in [2.75, 3.05) is 13.2 Å². The van der Waals surface area contributed by atoms with Crippen molar-refractivity contribution >= 4 is 5.91 Å². The third kappa shape index (κ3) is 5.00. The van der Waals surface area contributed by atoms with Gasteiger partial charge in [-0.2, -0.15) is 4.98 Å². The van der Waals surface area contributed by atoms with E-state index in [1.54, 1.807) is 0 Å². The number of nitrogens with zero attached hydrogens (tertiary/aromatic N) is 2. The molecule has 0 saturated heterocycles. The Morgan fingerprint density at radius 1 is 1.12 bits per heavy atom. The molecule has 3 rings (SSSR count). The van der Waals surface area contributed by atoms with Crippen LogP contribution in [-0.2, 0) is 16.1 Å². The number of ether oxygens (including phenoxy) is 1. The van der Waals surface area contributed by atoms with E-state index in [1.165, 1.54) is 5.56 Å². The highest BCUT2D eigenvalue weighted by Gasteiger charge is 2.10. The number of hydrogen-bond donors (Lipinski definition) is 1. The Hall–Kier alpha value is -2.99. The van der Waals surface area contributed by atoms with Crippen molar-refractivity contribution in [2.45, 2.75) is 19.4 Å². The average Bonchev–Trinajstić information content (AvgIpc) is 3.16. The molecular weight excluding hydrogens is 330 g/mol. The normalized spacial score (nSPS) is 11.9. The van der Waals surface area contributed by atoms with E-state index in [1.807, 2.05) is 60.7 Å². The Morgan fingerprint density at radius 3 is 2.54 bits per heavy atom. The summed E-state index contributed by atoms with van der Waals surface area (Å²) in [6, 6.07) is 19.6. The van der Waals surface area contributed by atoms with Gasteiger partial charge in [0.1, 0.15) is 13.2 Å². The minimum absolute atomic E-state index is 0.0510. The van der Waals surface area contributed by atoms with E-state index in [0.29, 0.717) is 18.3 Å². The van der Waals surface area contributed by atoms with Crippen LogP contribution in [0.1, 0.15) is 24.3 Å². The second kappa shape index (κ2) is 8.92. The summed E-state index contributed by atoms with van der Waals surface area (Å²) in [5.74, 6) is 0.916. The minimum atomic E-state index is -0.171. The molecular formula is C20H21N3O3. The molecule has 0 saturated carbocycles. The molecule has 3 aromatic rings. The summed E-state index contributed by atoms with van der Waals surface area (Å²) in [7, 11) is 0. The number of aromatic nitrogens is 2. The second-order valence-electron chi connectivity index (χ2n) is 5.99. The van der Waals surface area contributed by atoms with Crippen LogP contribution in [0.4, 0.5) is 0 Å². The van der Waals surface area contributed by atoms with Crippen LogP contribution in [-0.4, -0.2) is 29.2 Å². The monoisotopic (exact) mass is 351 g/mol. The zero-order chi connectivity index (χ0) is 18.2. The van der Waals surface area contributed by atoms with Crippen LogP contribution in [0.15, 0.2) is 65.2 Å². The molecule has 2 aromatic carbocycles. The molecule has 1 N–H and O–H groups in total. The SMILES string of the molecule is C[C@@H](CNC(=O)COCc1nc(-c2ccccc2)no1)c1ccccc1. The smallest absolute Gasteiger partial charge is 0.252 e. The number of carbonyl (C=O) groups excluding carboxylic acids is 1. The number of rotatable bonds is 8. The first-order chi connectivity index (χ1) is 12.7. The lowest BCUT2D eigenvalue weighted by atomic mass is 10.0. The summed E-state index contributed by atoms with van der Waals surface area (Å²) in [6.07, 6.45) is 0. The molecule has 1 amide bonds. The fraction of sp³-hybridized carbons (Fsp3) is 0.250. The largest absolute Gasteiger partial charge is 0.362 e. The van der Waals surface area contributed by atoms with Crippen molar-refractivity contribution in [1.82, 2.24) is 15.5 Å². The predicted octanol–water partition coefficient (Wildman–Crippen LogP) is 3.17. The molecule has 0 aliphatic rings. The van der Waals surface area contributed by atoms with Gasteiger partial charge >= 0.3 is 0 Å². The Morgan fingerprint density at radius 2 is 1.81 bits per heavy atom. The molecule has 0 spiro atoms. The van der Waals surface area contributed by atoms with Gasteiger partial charge in [-0.15, -0.1) is 0 Å².